The maximum Gasteiger partial charge on any atom is 0.0702 e. The summed E-state index contributed by atoms with van der Waals surface area (Å²) < 4.78 is 5.85. The van der Waals surface area contributed by atoms with E-state index in [0.29, 0.717) is 6.10 Å². The van der Waals surface area contributed by atoms with E-state index in [4.69, 9.17) is 4.74 Å². The maximum absolute atomic E-state index is 5.85. The van der Waals surface area contributed by atoms with E-state index in [-0.39, 0.29) is 0 Å². The predicted octanol–water partition coefficient (Wildman–Crippen LogP) is 5.02. The molecule has 2 heteroatoms. The van der Waals surface area contributed by atoms with Crippen molar-refractivity contribution in [1.82, 2.24) is 4.90 Å². The molecule has 20 heavy (non-hydrogen) atoms. The molecule has 0 N–H and O–H groups in total. The fraction of sp³-hybridized carbons (Fsp3) is 1.00. The van der Waals surface area contributed by atoms with Gasteiger partial charge in [0.2, 0.25) is 0 Å². The summed E-state index contributed by atoms with van der Waals surface area (Å²) in [5.41, 5.74) is 0. The first kappa shape index (κ1) is 18.0. The second-order valence-corrected chi connectivity index (χ2v) is 6.41. The Balaban J connectivity index is 1.93. The van der Waals surface area contributed by atoms with E-state index >= 15 is 0 Å². The highest BCUT2D eigenvalue weighted by Gasteiger charge is 2.19. The second-order valence-electron chi connectivity index (χ2n) is 6.41. The highest BCUT2D eigenvalue weighted by Crippen LogP contribution is 2.13. The predicted molar refractivity (Wildman–Crippen MR) is 88.3 cm³/mol. The van der Waals surface area contributed by atoms with Crippen molar-refractivity contribution in [2.24, 2.45) is 0 Å². The molecule has 1 heterocycles. The molecule has 1 atom stereocenters. The van der Waals surface area contributed by atoms with Gasteiger partial charge in [0.25, 0.3) is 0 Å². The van der Waals surface area contributed by atoms with Crippen molar-refractivity contribution in [3.8, 4) is 0 Å². The molecule has 0 spiro atoms. The number of rotatable bonds is 12. The highest BCUT2D eigenvalue weighted by molar-refractivity contribution is 4.71. The SMILES string of the molecule is CCCCCCCCCCN1CCOC(CCCC)C1. The van der Waals surface area contributed by atoms with E-state index in [9.17, 15) is 0 Å². The number of ether oxygens (including phenoxy) is 1. The van der Waals surface area contributed by atoms with E-state index in [1.165, 1.54) is 83.7 Å². The van der Waals surface area contributed by atoms with Gasteiger partial charge in [0.05, 0.1) is 12.7 Å². The third-order valence-corrected chi connectivity index (χ3v) is 4.43. The minimum Gasteiger partial charge on any atom is -0.376 e. The number of hydrogen-bond acceptors (Lipinski definition) is 2. The van der Waals surface area contributed by atoms with Gasteiger partial charge >= 0.3 is 0 Å². The van der Waals surface area contributed by atoms with Crippen LogP contribution in [-0.2, 0) is 4.74 Å². The summed E-state index contributed by atoms with van der Waals surface area (Å²) in [6.45, 7) is 9.12. The van der Waals surface area contributed by atoms with Crippen molar-refractivity contribution in [1.29, 1.82) is 0 Å². The summed E-state index contributed by atoms with van der Waals surface area (Å²) in [4.78, 5) is 2.63. The van der Waals surface area contributed by atoms with Gasteiger partial charge in [-0.15, -0.1) is 0 Å². The Hall–Kier alpha value is -0.0800. The van der Waals surface area contributed by atoms with Gasteiger partial charge in [-0.05, 0) is 19.4 Å². The average molecular weight is 284 g/mol. The van der Waals surface area contributed by atoms with Gasteiger partial charge in [-0.1, -0.05) is 71.6 Å². The van der Waals surface area contributed by atoms with Crippen LogP contribution in [0.25, 0.3) is 0 Å². The number of unbranched alkanes of at least 4 members (excludes halogenated alkanes) is 8. The molecule has 0 aromatic rings. The Bertz CT molecular complexity index is 208. The van der Waals surface area contributed by atoms with Crippen LogP contribution >= 0.6 is 0 Å². The largest absolute Gasteiger partial charge is 0.376 e. The molecule has 1 fully saturated rings. The van der Waals surface area contributed by atoms with E-state index in [0.717, 1.165) is 13.2 Å². The Morgan fingerprint density at radius 2 is 1.50 bits per heavy atom. The Labute approximate surface area is 127 Å². The zero-order chi connectivity index (χ0) is 14.5. The third kappa shape index (κ3) is 8.97. The zero-order valence-electron chi connectivity index (χ0n) is 14.0. The molecular weight excluding hydrogens is 246 g/mol. The smallest absolute Gasteiger partial charge is 0.0702 e. The van der Waals surface area contributed by atoms with Crippen LogP contribution in [0.3, 0.4) is 0 Å². The summed E-state index contributed by atoms with van der Waals surface area (Å²) >= 11 is 0. The van der Waals surface area contributed by atoms with Gasteiger partial charge in [-0.2, -0.15) is 0 Å². The number of hydrogen-bond donors (Lipinski definition) is 0. The maximum atomic E-state index is 5.85. The monoisotopic (exact) mass is 283 g/mol. The molecule has 1 aliphatic heterocycles. The van der Waals surface area contributed by atoms with Crippen LogP contribution in [0.1, 0.15) is 84.5 Å². The molecule has 2 nitrogen and oxygen atoms in total. The first-order valence-electron chi connectivity index (χ1n) is 9.20. The lowest BCUT2D eigenvalue weighted by atomic mass is 10.1. The third-order valence-electron chi connectivity index (χ3n) is 4.43. The van der Waals surface area contributed by atoms with Gasteiger partial charge in [0.1, 0.15) is 0 Å². The van der Waals surface area contributed by atoms with Crippen molar-refractivity contribution in [3.63, 3.8) is 0 Å². The summed E-state index contributed by atoms with van der Waals surface area (Å²) in [5, 5.41) is 0. The van der Waals surface area contributed by atoms with Crippen LogP contribution in [0, 0.1) is 0 Å². The normalized spacial score (nSPS) is 20.4. The van der Waals surface area contributed by atoms with Crippen LogP contribution in [0.5, 0.6) is 0 Å². The van der Waals surface area contributed by atoms with Gasteiger partial charge in [0, 0.05) is 13.1 Å². The molecule has 1 aliphatic rings. The van der Waals surface area contributed by atoms with Crippen molar-refractivity contribution in [3.05, 3.63) is 0 Å². The fourth-order valence-corrected chi connectivity index (χ4v) is 3.06. The molecule has 1 unspecified atom stereocenters. The molecule has 1 saturated heterocycles. The molecule has 1 rings (SSSR count). The molecular formula is C18H37NO. The quantitative estimate of drug-likeness (QED) is 0.466. The van der Waals surface area contributed by atoms with Gasteiger partial charge in [0.15, 0.2) is 0 Å². The molecule has 0 amide bonds. The van der Waals surface area contributed by atoms with E-state index in [1.807, 2.05) is 0 Å². The minimum atomic E-state index is 0.512. The van der Waals surface area contributed by atoms with Gasteiger partial charge in [-0.25, -0.2) is 0 Å². The standard InChI is InChI=1S/C18H37NO/c1-3-5-7-8-9-10-11-12-14-19-15-16-20-18(17-19)13-6-4-2/h18H,3-17H2,1-2H3. The lowest BCUT2D eigenvalue weighted by Gasteiger charge is -2.33. The van der Waals surface area contributed by atoms with Gasteiger partial charge in [-0.3, -0.25) is 4.90 Å². The summed E-state index contributed by atoms with van der Waals surface area (Å²) in [6, 6.07) is 0. The Morgan fingerprint density at radius 1 is 0.850 bits per heavy atom. The lowest BCUT2D eigenvalue weighted by molar-refractivity contribution is -0.0331. The summed E-state index contributed by atoms with van der Waals surface area (Å²) in [6.07, 6.45) is 15.7. The first-order chi connectivity index (χ1) is 9.86. The van der Waals surface area contributed by atoms with Crippen molar-refractivity contribution in [2.75, 3.05) is 26.2 Å². The second kappa shape index (κ2) is 12.6. The number of nitrogens with zero attached hydrogens (tertiary/aromatic N) is 1. The molecule has 0 saturated carbocycles. The fourth-order valence-electron chi connectivity index (χ4n) is 3.06. The van der Waals surface area contributed by atoms with E-state index in [2.05, 4.69) is 18.7 Å². The Kier molecular flexibility index (Phi) is 11.4. The molecule has 0 radical (unpaired) electrons. The van der Waals surface area contributed by atoms with Crippen LogP contribution < -0.4 is 0 Å². The van der Waals surface area contributed by atoms with E-state index < -0.39 is 0 Å². The van der Waals surface area contributed by atoms with Crippen molar-refractivity contribution in [2.45, 2.75) is 90.6 Å². The van der Waals surface area contributed by atoms with E-state index in [1.54, 1.807) is 0 Å². The minimum absolute atomic E-state index is 0.512. The van der Waals surface area contributed by atoms with Crippen LogP contribution in [0.4, 0.5) is 0 Å². The van der Waals surface area contributed by atoms with Crippen molar-refractivity contribution < 1.29 is 4.74 Å². The van der Waals surface area contributed by atoms with Crippen LogP contribution in [0.15, 0.2) is 0 Å². The topological polar surface area (TPSA) is 12.5 Å². The first-order valence-corrected chi connectivity index (χ1v) is 9.20. The molecule has 120 valence electrons. The van der Waals surface area contributed by atoms with Crippen LogP contribution in [-0.4, -0.2) is 37.2 Å². The molecule has 0 aromatic heterocycles. The lowest BCUT2D eigenvalue weighted by Crippen LogP contribution is -2.42. The average Bonchev–Trinajstić information content (AvgIpc) is 2.48. The molecule has 0 bridgehead atoms. The summed E-state index contributed by atoms with van der Waals surface area (Å²) in [5.74, 6) is 0. The molecule has 0 aliphatic carbocycles. The van der Waals surface area contributed by atoms with Crippen LogP contribution in [0.2, 0.25) is 0 Å². The zero-order valence-corrected chi connectivity index (χ0v) is 14.0. The number of morpholine rings is 1. The summed E-state index contributed by atoms with van der Waals surface area (Å²) in [7, 11) is 0. The van der Waals surface area contributed by atoms with Gasteiger partial charge < -0.3 is 4.74 Å². The highest BCUT2D eigenvalue weighted by atomic mass is 16.5. The Morgan fingerprint density at radius 3 is 2.20 bits per heavy atom. The molecule has 0 aromatic carbocycles. The van der Waals surface area contributed by atoms with Crippen molar-refractivity contribution >= 4 is 0 Å².